The molecule has 1 aliphatic rings. The molecule has 0 aliphatic carbocycles. The van der Waals surface area contributed by atoms with Crippen LogP contribution in [0.15, 0.2) is 0 Å². The number of rotatable bonds is 3. The van der Waals surface area contributed by atoms with Crippen molar-refractivity contribution in [3.05, 3.63) is 0 Å². The van der Waals surface area contributed by atoms with E-state index < -0.39 is 0 Å². The van der Waals surface area contributed by atoms with Crippen molar-refractivity contribution in [2.24, 2.45) is 5.92 Å². The molecule has 1 saturated heterocycles. The SMILES string of the molecule is CNCC(=O)C1CCNC1. The van der Waals surface area contributed by atoms with Crippen LogP contribution in [-0.2, 0) is 4.79 Å². The Morgan fingerprint density at radius 2 is 2.60 bits per heavy atom. The predicted molar refractivity (Wildman–Crippen MR) is 39.9 cm³/mol. The smallest absolute Gasteiger partial charge is 0.150 e. The number of hydrogen-bond acceptors (Lipinski definition) is 3. The van der Waals surface area contributed by atoms with Gasteiger partial charge in [0.1, 0.15) is 0 Å². The third-order valence-electron chi connectivity index (χ3n) is 1.87. The Morgan fingerprint density at radius 3 is 3.10 bits per heavy atom. The summed E-state index contributed by atoms with van der Waals surface area (Å²) in [5.41, 5.74) is 0. The van der Waals surface area contributed by atoms with E-state index in [1.165, 1.54) is 0 Å². The molecule has 2 N–H and O–H groups in total. The fourth-order valence-corrected chi connectivity index (χ4v) is 1.25. The number of Topliss-reactive ketones (excluding diaryl/α,β-unsaturated/α-hetero) is 1. The highest BCUT2D eigenvalue weighted by Gasteiger charge is 2.20. The Labute approximate surface area is 61.2 Å². The van der Waals surface area contributed by atoms with Crippen LogP contribution in [0.25, 0.3) is 0 Å². The number of likely N-dealkylation sites (N-methyl/N-ethyl adjacent to an activating group) is 1. The molecule has 58 valence electrons. The van der Waals surface area contributed by atoms with Crippen molar-refractivity contribution in [2.75, 3.05) is 26.7 Å². The molecule has 3 nitrogen and oxygen atoms in total. The monoisotopic (exact) mass is 142 g/mol. The Bertz CT molecular complexity index is 119. The van der Waals surface area contributed by atoms with E-state index in [9.17, 15) is 4.79 Å². The molecular weight excluding hydrogens is 128 g/mol. The lowest BCUT2D eigenvalue weighted by Crippen LogP contribution is -2.27. The van der Waals surface area contributed by atoms with Crippen molar-refractivity contribution in [1.29, 1.82) is 0 Å². The van der Waals surface area contributed by atoms with Gasteiger partial charge in [0, 0.05) is 12.5 Å². The second kappa shape index (κ2) is 3.68. The van der Waals surface area contributed by atoms with Gasteiger partial charge in [0.2, 0.25) is 0 Å². The van der Waals surface area contributed by atoms with Gasteiger partial charge in [0.25, 0.3) is 0 Å². The molecule has 10 heavy (non-hydrogen) atoms. The van der Waals surface area contributed by atoms with Gasteiger partial charge in [-0.3, -0.25) is 4.79 Å². The number of nitrogens with one attached hydrogen (secondary N) is 2. The number of carbonyl (C=O) groups excluding carboxylic acids is 1. The summed E-state index contributed by atoms with van der Waals surface area (Å²) in [5.74, 6) is 0.611. The van der Waals surface area contributed by atoms with Gasteiger partial charge in [-0.2, -0.15) is 0 Å². The van der Waals surface area contributed by atoms with Gasteiger partial charge >= 0.3 is 0 Å². The number of hydrogen-bond donors (Lipinski definition) is 2. The quantitative estimate of drug-likeness (QED) is 0.552. The first-order valence-electron chi connectivity index (χ1n) is 3.72. The van der Waals surface area contributed by atoms with Crippen LogP contribution in [0.4, 0.5) is 0 Å². The largest absolute Gasteiger partial charge is 0.316 e. The summed E-state index contributed by atoms with van der Waals surface area (Å²) in [4.78, 5) is 11.1. The maximum absolute atomic E-state index is 11.1. The van der Waals surface area contributed by atoms with Gasteiger partial charge in [-0.15, -0.1) is 0 Å². The number of carbonyl (C=O) groups is 1. The molecule has 0 amide bonds. The van der Waals surface area contributed by atoms with Crippen LogP contribution < -0.4 is 10.6 Å². The molecule has 1 aliphatic heterocycles. The summed E-state index contributed by atoms with van der Waals surface area (Å²) in [6.07, 6.45) is 1.01. The summed E-state index contributed by atoms with van der Waals surface area (Å²) in [6.45, 7) is 2.40. The third kappa shape index (κ3) is 1.78. The zero-order chi connectivity index (χ0) is 7.40. The normalized spacial score (nSPS) is 25.1. The van der Waals surface area contributed by atoms with Crippen molar-refractivity contribution in [3.8, 4) is 0 Å². The summed E-state index contributed by atoms with van der Waals surface area (Å²) in [5, 5.41) is 6.03. The van der Waals surface area contributed by atoms with Crippen LogP contribution in [0, 0.1) is 5.92 Å². The van der Waals surface area contributed by atoms with Crippen LogP contribution in [0.3, 0.4) is 0 Å². The molecule has 0 aromatic carbocycles. The molecule has 0 saturated carbocycles. The fourth-order valence-electron chi connectivity index (χ4n) is 1.25. The second-order valence-electron chi connectivity index (χ2n) is 2.69. The molecule has 1 heterocycles. The standard InChI is InChI=1S/C7H14N2O/c1-8-5-7(10)6-2-3-9-4-6/h6,8-9H,2-5H2,1H3. The summed E-state index contributed by atoms with van der Waals surface area (Å²) < 4.78 is 0. The van der Waals surface area contributed by atoms with E-state index in [0.29, 0.717) is 12.3 Å². The van der Waals surface area contributed by atoms with Crippen LogP contribution >= 0.6 is 0 Å². The van der Waals surface area contributed by atoms with Crippen molar-refractivity contribution < 1.29 is 4.79 Å². The van der Waals surface area contributed by atoms with Crippen molar-refractivity contribution in [2.45, 2.75) is 6.42 Å². The van der Waals surface area contributed by atoms with Crippen LogP contribution in [0.5, 0.6) is 0 Å². The fraction of sp³-hybridized carbons (Fsp3) is 0.857. The van der Waals surface area contributed by atoms with Crippen molar-refractivity contribution in [3.63, 3.8) is 0 Å². The first-order valence-corrected chi connectivity index (χ1v) is 3.72. The van der Waals surface area contributed by atoms with Crippen molar-refractivity contribution in [1.82, 2.24) is 10.6 Å². The molecule has 0 radical (unpaired) electrons. The zero-order valence-corrected chi connectivity index (χ0v) is 6.31. The maximum atomic E-state index is 11.1. The topological polar surface area (TPSA) is 41.1 Å². The Morgan fingerprint density at radius 1 is 1.80 bits per heavy atom. The molecule has 1 unspecified atom stereocenters. The predicted octanol–water partition coefficient (Wildman–Crippen LogP) is -0.616. The minimum atomic E-state index is 0.271. The van der Waals surface area contributed by atoms with Gasteiger partial charge in [-0.05, 0) is 20.0 Å². The van der Waals surface area contributed by atoms with E-state index in [-0.39, 0.29) is 5.92 Å². The zero-order valence-electron chi connectivity index (χ0n) is 6.31. The Hall–Kier alpha value is -0.410. The molecule has 1 rings (SSSR count). The van der Waals surface area contributed by atoms with E-state index >= 15 is 0 Å². The van der Waals surface area contributed by atoms with Crippen LogP contribution in [0.1, 0.15) is 6.42 Å². The lowest BCUT2D eigenvalue weighted by atomic mass is 10.0. The van der Waals surface area contributed by atoms with E-state index in [0.717, 1.165) is 19.5 Å². The molecule has 1 atom stereocenters. The highest BCUT2D eigenvalue weighted by Crippen LogP contribution is 2.07. The van der Waals surface area contributed by atoms with Crippen LogP contribution in [0.2, 0.25) is 0 Å². The lowest BCUT2D eigenvalue weighted by Gasteiger charge is -2.04. The Kier molecular flexibility index (Phi) is 2.83. The highest BCUT2D eigenvalue weighted by atomic mass is 16.1. The lowest BCUT2D eigenvalue weighted by molar-refractivity contribution is -0.121. The molecule has 1 fully saturated rings. The van der Waals surface area contributed by atoms with Gasteiger partial charge in [0.15, 0.2) is 5.78 Å². The average molecular weight is 142 g/mol. The van der Waals surface area contributed by atoms with E-state index in [1.807, 2.05) is 0 Å². The van der Waals surface area contributed by atoms with Gasteiger partial charge in [-0.1, -0.05) is 0 Å². The highest BCUT2D eigenvalue weighted by molar-refractivity contribution is 5.83. The van der Waals surface area contributed by atoms with Gasteiger partial charge in [0.05, 0.1) is 6.54 Å². The minimum Gasteiger partial charge on any atom is -0.316 e. The van der Waals surface area contributed by atoms with Gasteiger partial charge < -0.3 is 10.6 Å². The maximum Gasteiger partial charge on any atom is 0.150 e. The number of ketones is 1. The molecular formula is C7H14N2O. The summed E-state index contributed by atoms with van der Waals surface area (Å²) >= 11 is 0. The summed E-state index contributed by atoms with van der Waals surface area (Å²) in [6, 6.07) is 0. The second-order valence-corrected chi connectivity index (χ2v) is 2.69. The molecule has 3 heteroatoms. The Balaban J connectivity index is 2.25. The third-order valence-corrected chi connectivity index (χ3v) is 1.87. The van der Waals surface area contributed by atoms with Gasteiger partial charge in [-0.25, -0.2) is 0 Å². The van der Waals surface area contributed by atoms with E-state index in [1.54, 1.807) is 7.05 Å². The molecule has 0 spiro atoms. The van der Waals surface area contributed by atoms with Crippen molar-refractivity contribution >= 4 is 5.78 Å². The first kappa shape index (κ1) is 7.69. The van der Waals surface area contributed by atoms with E-state index in [4.69, 9.17) is 0 Å². The first-order chi connectivity index (χ1) is 4.84. The average Bonchev–Trinajstić information content (AvgIpc) is 2.38. The summed E-state index contributed by atoms with van der Waals surface area (Å²) in [7, 11) is 1.81. The molecule has 0 bridgehead atoms. The van der Waals surface area contributed by atoms with Crippen LogP contribution in [-0.4, -0.2) is 32.5 Å². The minimum absolute atomic E-state index is 0.271. The molecule has 0 aromatic heterocycles. The molecule has 0 aromatic rings. The van der Waals surface area contributed by atoms with E-state index in [2.05, 4.69) is 10.6 Å².